The van der Waals surface area contributed by atoms with Crippen molar-refractivity contribution in [1.29, 1.82) is 0 Å². The van der Waals surface area contributed by atoms with E-state index >= 15 is 0 Å². The second-order valence-corrected chi connectivity index (χ2v) is 5.22. The van der Waals surface area contributed by atoms with Crippen LogP contribution in [0.4, 0.5) is 5.69 Å². The van der Waals surface area contributed by atoms with Crippen LogP contribution in [0, 0.1) is 6.92 Å². The second-order valence-electron chi connectivity index (χ2n) is 4.81. The summed E-state index contributed by atoms with van der Waals surface area (Å²) in [6, 6.07) is 9.49. The lowest BCUT2D eigenvalue weighted by atomic mass is 10.3. The Bertz CT molecular complexity index is 706. The Balaban J connectivity index is 2.27. The van der Waals surface area contributed by atoms with Gasteiger partial charge in [-0.2, -0.15) is 0 Å². The van der Waals surface area contributed by atoms with Crippen molar-refractivity contribution < 1.29 is 4.74 Å². The van der Waals surface area contributed by atoms with E-state index in [0.717, 1.165) is 11.4 Å². The van der Waals surface area contributed by atoms with E-state index in [2.05, 4.69) is 10.6 Å². The number of rotatable bonds is 5. The summed E-state index contributed by atoms with van der Waals surface area (Å²) in [5.74, 6) is 0. The summed E-state index contributed by atoms with van der Waals surface area (Å²) >= 11 is 5.20. The lowest BCUT2D eigenvalue weighted by Crippen LogP contribution is -2.33. The Labute approximate surface area is 134 Å². The highest BCUT2D eigenvalue weighted by Crippen LogP contribution is 2.13. The van der Waals surface area contributed by atoms with Crippen LogP contribution in [0.25, 0.3) is 5.69 Å². The number of nitrogens with one attached hydrogen (secondary N) is 2. The highest BCUT2D eigenvalue weighted by atomic mass is 32.1. The number of benzene rings is 1. The fourth-order valence-electron chi connectivity index (χ4n) is 2.14. The maximum Gasteiger partial charge on any atom is 0.295 e. The molecule has 0 saturated heterocycles. The first-order chi connectivity index (χ1) is 10.6. The Morgan fingerprint density at radius 1 is 1.32 bits per heavy atom. The van der Waals surface area contributed by atoms with Gasteiger partial charge >= 0.3 is 0 Å². The van der Waals surface area contributed by atoms with Gasteiger partial charge in [0.05, 0.1) is 18.0 Å². The number of aromatic nitrogens is 2. The number of hydrogen-bond donors (Lipinski definition) is 2. The number of nitrogens with zero attached hydrogens (tertiary/aromatic N) is 2. The number of hydrogen-bond acceptors (Lipinski definition) is 3. The molecule has 118 valence electrons. The predicted molar refractivity (Wildman–Crippen MR) is 91.8 cm³/mol. The second kappa shape index (κ2) is 7.24. The normalized spacial score (nSPS) is 10.5. The largest absolute Gasteiger partial charge is 0.383 e. The number of methoxy groups -OCH3 is 1. The summed E-state index contributed by atoms with van der Waals surface area (Å²) < 4.78 is 8.36. The first-order valence-electron chi connectivity index (χ1n) is 6.94. The van der Waals surface area contributed by atoms with Crippen molar-refractivity contribution in [2.75, 3.05) is 25.6 Å². The highest BCUT2D eigenvalue weighted by Gasteiger charge is 2.16. The molecule has 2 rings (SSSR count). The van der Waals surface area contributed by atoms with Gasteiger partial charge in [-0.05, 0) is 31.3 Å². The molecule has 7 heteroatoms. The molecule has 6 nitrogen and oxygen atoms in total. The fourth-order valence-corrected chi connectivity index (χ4v) is 2.34. The fraction of sp³-hybridized carbons (Fsp3) is 0.333. The van der Waals surface area contributed by atoms with E-state index in [9.17, 15) is 4.79 Å². The van der Waals surface area contributed by atoms with Crippen LogP contribution in [-0.4, -0.2) is 34.7 Å². The molecule has 22 heavy (non-hydrogen) atoms. The number of thiocarbonyl (C=S) groups is 1. The predicted octanol–water partition coefficient (Wildman–Crippen LogP) is 1.42. The molecule has 1 heterocycles. The van der Waals surface area contributed by atoms with Crippen LogP contribution in [0.5, 0.6) is 0 Å². The van der Waals surface area contributed by atoms with Gasteiger partial charge in [0.15, 0.2) is 5.11 Å². The van der Waals surface area contributed by atoms with Crippen LogP contribution in [0.3, 0.4) is 0 Å². The van der Waals surface area contributed by atoms with Gasteiger partial charge < -0.3 is 15.4 Å². The van der Waals surface area contributed by atoms with Crippen molar-refractivity contribution in [2.45, 2.75) is 6.92 Å². The van der Waals surface area contributed by atoms with Crippen molar-refractivity contribution in [1.82, 2.24) is 14.7 Å². The van der Waals surface area contributed by atoms with E-state index in [1.807, 2.05) is 44.3 Å². The summed E-state index contributed by atoms with van der Waals surface area (Å²) in [7, 11) is 3.47. The zero-order valence-electron chi connectivity index (χ0n) is 12.9. The zero-order valence-corrected chi connectivity index (χ0v) is 13.7. The molecule has 1 aromatic carbocycles. The number of anilines is 1. The third kappa shape index (κ3) is 3.37. The third-order valence-corrected chi connectivity index (χ3v) is 3.63. The first kappa shape index (κ1) is 16.3. The molecule has 0 amide bonds. The molecule has 0 aliphatic carbocycles. The minimum absolute atomic E-state index is 0.137. The third-order valence-electron chi connectivity index (χ3n) is 3.38. The summed E-state index contributed by atoms with van der Waals surface area (Å²) in [6.45, 7) is 3.01. The number of para-hydroxylation sites is 1. The maximum absolute atomic E-state index is 12.6. The monoisotopic (exact) mass is 320 g/mol. The van der Waals surface area contributed by atoms with Gasteiger partial charge in [0.1, 0.15) is 5.69 Å². The molecule has 0 spiro atoms. The highest BCUT2D eigenvalue weighted by molar-refractivity contribution is 7.80. The minimum Gasteiger partial charge on any atom is -0.383 e. The van der Waals surface area contributed by atoms with Crippen LogP contribution < -0.4 is 16.2 Å². The van der Waals surface area contributed by atoms with Crippen molar-refractivity contribution in [3.8, 4) is 5.69 Å². The van der Waals surface area contributed by atoms with Crippen LogP contribution in [0.2, 0.25) is 0 Å². The Morgan fingerprint density at radius 2 is 2.00 bits per heavy atom. The van der Waals surface area contributed by atoms with Gasteiger partial charge in [-0.3, -0.25) is 9.48 Å². The van der Waals surface area contributed by atoms with Crippen LogP contribution >= 0.6 is 12.2 Å². The van der Waals surface area contributed by atoms with Crippen LogP contribution in [0.1, 0.15) is 5.69 Å². The molecule has 0 atom stereocenters. The summed E-state index contributed by atoms with van der Waals surface area (Å²) in [5.41, 5.74) is 1.96. The van der Waals surface area contributed by atoms with Crippen molar-refractivity contribution in [3.63, 3.8) is 0 Å². The first-order valence-corrected chi connectivity index (χ1v) is 7.35. The molecule has 1 aromatic heterocycles. The van der Waals surface area contributed by atoms with Crippen molar-refractivity contribution >= 4 is 23.0 Å². The van der Waals surface area contributed by atoms with E-state index < -0.39 is 0 Å². The minimum atomic E-state index is -0.137. The molecule has 2 N–H and O–H groups in total. The molecule has 0 fully saturated rings. The maximum atomic E-state index is 12.6. The zero-order chi connectivity index (χ0) is 16.1. The standard InChI is InChI=1S/C15H20N4O2S/c1-11-13(17-15(22)16-9-10-21-3)14(20)19(18(11)2)12-7-5-4-6-8-12/h4-8H,9-10H2,1-3H3,(H2,16,17,22). The molecule has 0 unspecified atom stereocenters. The van der Waals surface area contributed by atoms with E-state index in [1.165, 1.54) is 0 Å². The lowest BCUT2D eigenvalue weighted by molar-refractivity contribution is 0.204. The molecule has 0 radical (unpaired) electrons. The smallest absolute Gasteiger partial charge is 0.295 e. The summed E-state index contributed by atoms with van der Waals surface area (Å²) in [4.78, 5) is 12.6. The Hall–Kier alpha value is -2.12. The van der Waals surface area contributed by atoms with Gasteiger partial charge in [-0.25, -0.2) is 4.68 Å². The SMILES string of the molecule is COCCNC(=S)Nc1c(C)n(C)n(-c2ccccc2)c1=O. The van der Waals surface area contributed by atoms with Crippen molar-refractivity contribution in [2.24, 2.45) is 7.05 Å². The van der Waals surface area contributed by atoms with Gasteiger partial charge in [-0.15, -0.1) is 0 Å². The average molecular weight is 320 g/mol. The molecular formula is C15H20N4O2S. The quantitative estimate of drug-likeness (QED) is 0.644. The molecule has 0 bridgehead atoms. The molecule has 0 aliphatic rings. The van der Waals surface area contributed by atoms with Crippen LogP contribution in [0.15, 0.2) is 35.1 Å². The van der Waals surface area contributed by atoms with E-state index in [4.69, 9.17) is 17.0 Å². The molecule has 0 saturated carbocycles. The van der Waals surface area contributed by atoms with Gasteiger partial charge in [0.2, 0.25) is 0 Å². The van der Waals surface area contributed by atoms with E-state index in [-0.39, 0.29) is 5.56 Å². The summed E-state index contributed by atoms with van der Waals surface area (Å²) in [5, 5.41) is 6.38. The topological polar surface area (TPSA) is 60.2 Å². The van der Waals surface area contributed by atoms with Crippen LogP contribution in [-0.2, 0) is 11.8 Å². The number of ether oxygens (including phenoxy) is 1. The van der Waals surface area contributed by atoms with E-state index in [1.54, 1.807) is 16.5 Å². The van der Waals surface area contributed by atoms with Crippen molar-refractivity contribution in [3.05, 3.63) is 46.4 Å². The van der Waals surface area contributed by atoms with Gasteiger partial charge in [-0.1, -0.05) is 18.2 Å². The Morgan fingerprint density at radius 3 is 2.64 bits per heavy atom. The van der Waals surface area contributed by atoms with Gasteiger partial charge in [0, 0.05) is 20.7 Å². The summed E-state index contributed by atoms with van der Waals surface area (Å²) in [6.07, 6.45) is 0. The van der Waals surface area contributed by atoms with E-state index in [0.29, 0.717) is 24.0 Å². The molecule has 2 aromatic rings. The average Bonchev–Trinajstić information content (AvgIpc) is 2.72. The Kier molecular flexibility index (Phi) is 5.35. The van der Waals surface area contributed by atoms with Gasteiger partial charge in [0.25, 0.3) is 5.56 Å². The molecular weight excluding hydrogens is 300 g/mol. The lowest BCUT2D eigenvalue weighted by Gasteiger charge is -2.08. The molecule has 0 aliphatic heterocycles.